The maximum atomic E-state index is 12.7. The van der Waals surface area contributed by atoms with Crippen LogP contribution >= 0.6 is 0 Å². The van der Waals surface area contributed by atoms with Crippen LogP contribution in [0.2, 0.25) is 0 Å². The molecule has 0 bridgehead atoms. The number of benzene rings is 1. The molecule has 1 fully saturated rings. The number of fused-ring (bicyclic) bond motifs is 1. The summed E-state index contributed by atoms with van der Waals surface area (Å²) in [6, 6.07) is 9.93. The van der Waals surface area contributed by atoms with Crippen molar-refractivity contribution in [1.82, 2.24) is 24.5 Å². The lowest BCUT2D eigenvalue weighted by atomic mass is 10.1. The van der Waals surface area contributed by atoms with Crippen molar-refractivity contribution in [3.8, 4) is 0 Å². The van der Waals surface area contributed by atoms with Crippen molar-refractivity contribution in [3.63, 3.8) is 0 Å². The Bertz CT molecular complexity index is 986. The standard InChI is InChI=1S/C21H26N6O/c1-4-5-18-14-19(22-21-24-23-16(3)27(18)21)25-10-12-26(13-11-25)20(28)17-8-6-15(2)7-9-17/h6-9,14H,4-5,10-13H2,1-3H3. The van der Waals surface area contributed by atoms with Gasteiger partial charge in [-0.05, 0) is 32.4 Å². The van der Waals surface area contributed by atoms with E-state index in [1.165, 1.54) is 5.69 Å². The van der Waals surface area contributed by atoms with E-state index in [2.05, 4.69) is 28.1 Å². The van der Waals surface area contributed by atoms with Gasteiger partial charge in [0, 0.05) is 43.5 Å². The summed E-state index contributed by atoms with van der Waals surface area (Å²) in [6.07, 6.45) is 2.01. The number of anilines is 1. The Hall–Kier alpha value is -2.96. The molecule has 1 amide bonds. The maximum Gasteiger partial charge on any atom is 0.257 e. The van der Waals surface area contributed by atoms with Crippen molar-refractivity contribution in [2.24, 2.45) is 0 Å². The number of hydrogen-bond donors (Lipinski definition) is 0. The number of rotatable bonds is 4. The minimum absolute atomic E-state index is 0.0998. The second-order valence-corrected chi connectivity index (χ2v) is 7.38. The Kier molecular flexibility index (Phi) is 4.98. The van der Waals surface area contributed by atoms with E-state index in [1.54, 1.807) is 0 Å². The van der Waals surface area contributed by atoms with E-state index < -0.39 is 0 Å². The van der Waals surface area contributed by atoms with Crippen LogP contribution in [0.3, 0.4) is 0 Å². The number of nitrogens with zero attached hydrogens (tertiary/aromatic N) is 6. The third-order valence-corrected chi connectivity index (χ3v) is 5.30. The second kappa shape index (κ2) is 7.58. The van der Waals surface area contributed by atoms with E-state index in [9.17, 15) is 4.79 Å². The van der Waals surface area contributed by atoms with E-state index in [-0.39, 0.29) is 5.91 Å². The first-order chi connectivity index (χ1) is 13.6. The fourth-order valence-electron chi connectivity index (χ4n) is 3.73. The minimum atomic E-state index is 0.0998. The molecule has 146 valence electrons. The number of hydrogen-bond acceptors (Lipinski definition) is 5. The Labute approximate surface area is 165 Å². The molecular formula is C21H26N6O. The number of aromatic nitrogens is 4. The highest BCUT2D eigenvalue weighted by Gasteiger charge is 2.24. The van der Waals surface area contributed by atoms with Gasteiger partial charge in [0.15, 0.2) is 0 Å². The number of carbonyl (C=O) groups is 1. The summed E-state index contributed by atoms with van der Waals surface area (Å²) >= 11 is 0. The minimum Gasteiger partial charge on any atom is -0.353 e. The molecule has 7 nitrogen and oxygen atoms in total. The van der Waals surface area contributed by atoms with Crippen molar-refractivity contribution < 1.29 is 4.79 Å². The second-order valence-electron chi connectivity index (χ2n) is 7.38. The molecule has 0 N–H and O–H groups in total. The van der Waals surface area contributed by atoms with Crippen LogP contribution in [0.4, 0.5) is 5.82 Å². The Morgan fingerprint density at radius 3 is 2.43 bits per heavy atom. The van der Waals surface area contributed by atoms with E-state index in [0.29, 0.717) is 18.9 Å². The van der Waals surface area contributed by atoms with Crippen molar-refractivity contribution in [1.29, 1.82) is 0 Å². The highest BCUT2D eigenvalue weighted by Crippen LogP contribution is 2.20. The van der Waals surface area contributed by atoms with Gasteiger partial charge in [-0.2, -0.15) is 4.98 Å². The van der Waals surface area contributed by atoms with Crippen LogP contribution in [0.25, 0.3) is 5.78 Å². The number of piperazine rings is 1. The molecule has 0 unspecified atom stereocenters. The first kappa shape index (κ1) is 18.4. The summed E-state index contributed by atoms with van der Waals surface area (Å²) in [5.41, 5.74) is 3.10. The molecule has 1 aromatic carbocycles. The predicted molar refractivity (Wildman–Crippen MR) is 109 cm³/mol. The van der Waals surface area contributed by atoms with Gasteiger partial charge in [0.2, 0.25) is 0 Å². The van der Waals surface area contributed by atoms with Crippen LogP contribution in [0.5, 0.6) is 0 Å². The fraction of sp³-hybridized carbons (Fsp3) is 0.429. The molecule has 3 heterocycles. The van der Waals surface area contributed by atoms with Gasteiger partial charge >= 0.3 is 0 Å². The van der Waals surface area contributed by atoms with Crippen molar-refractivity contribution in [2.45, 2.75) is 33.6 Å². The third-order valence-electron chi connectivity index (χ3n) is 5.30. The molecule has 0 radical (unpaired) electrons. The molecule has 28 heavy (non-hydrogen) atoms. The molecule has 0 spiro atoms. The highest BCUT2D eigenvalue weighted by molar-refractivity contribution is 5.94. The summed E-state index contributed by atoms with van der Waals surface area (Å²) in [4.78, 5) is 21.6. The molecule has 0 atom stereocenters. The molecule has 1 aliphatic rings. The summed E-state index contributed by atoms with van der Waals surface area (Å²) in [6.45, 7) is 9.05. The van der Waals surface area contributed by atoms with Gasteiger partial charge in [0.1, 0.15) is 11.6 Å². The fourth-order valence-corrected chi connectivity index (χ4v) is 3.73. The third kappa shape index (κ3) is 3.44. The lowest BCUT2D eigenvalue weighted by Gasteiger charge is -2.35. The lowest BCUT2D eigenvalue weighted by molar-refractivity contribution is 0.0746. The SMILES string of the molecule is CCCc1cc(N2CCN(C(=O)c3ccc(C)cc3)CC2)nc2nnc(C)n12. The van der Waals surface area contributed by atoms with Gasteiger partial charge in [-0.25, -0.2) is 0 Å². The van der Waals surface area contributed by atoms with Crippen molar-refractivity contribution in [2.75, 3.05) is 31.1 Å². The summed E-state index contributed by atoms with van der Waals surface area (Å²) in [7, 11) is 0. The van der Waals surface area contributed by atoms with Gasteiger partial charge in [-0.15, -0.1) is 10.2 Å². The first-order valence-electron chi connectivity index (χ1n) is 9.89. The molecular weight excluding hydrogens is 352 g/mol. The number of aryl methyl sites for hydroxylation is 3. The normalized spacial score (nSPS) is 14.7. The number of amides is 1. The number of carbonyl (C=O) groups excluding carboxylic acids is 1. The monoisotopic (exact) mass is 378 g/mol. The van der Waals surface area contributed by atoms with E-state index in [4.69, 9.17) is 4.98 Å². The van der Waals surface area contributed by atoms with Crippen LogP contribution in [0, 0.1) is 13.8 Å². The van der Waals surface area contributed by atoms with Crippen LogP contribution < -0.4 is 4.90 Å². The van der Waals surface area contributed by atoms with Crippen LogP contribution in [-0.2, 0) is 6.42 Å². The summed E-state index contributed by atoms with van der Waals surface area (Å²) < 4.78 is 2.03. The van der Waals surface area contributed by atoms with Crippen LogP contribution in [0.15, 0.2) is 30.3 Å². The van der Waals surface area contributed by atoms with Gasteiger partial charge < -0.3 is 9.80 Å². The highest BCUT2D eigenvalue weighted by atomic mass is 16.2. The van der Waals surface area contributed by atoms with Gasteiger partial charge in [0.25, 0.3) is 11.7 Å². The Morgan fingerprint density at radius 1 is 1.04 bits per heavy atom. The zero-order valence-electron chi connectivity index (χ0n) is 16.7. The van der Waals surface area contributed by atoms with E-state index >= 15 is 0 Å². The zero-order valence-corrected chi connectivity index (χ0v) is 16.7. The van der Waals surface area contributed by atoms with E-state index in [0.717, 1.165) is 48.7 Å². The van der Waals surface area contributed by atoms with Gasteiger partial charge in [-0.3, -0.25) is 9.20 Å². The smallest absolute Gasteiger partial charge is 0.257 e. The zero-order chi connectivity index (χ0) is 19.7. The largest absolute Gasteiger partial charge is 0.353 e. The molecule has 0 saturated carbocycles. The maximum absolute atomic E-state index is 12.7. The average Bonchev–Trinajstić information content (AvgIpc) is 3.09. The summed E-state index contributed by atoms with van der Waals surface area (Å²) in [5.74, 6) is 2.54. The quantitative estimate of drug-likeness (QED) is 0.698. The van der Waals surface area contributed by atoms with Crippen LogP contribution in [0.1, 0.15) is 40.8 Å². The Morgan fingerprint density at radius 2 is 1.75 bits per heavy atom. The predicted octanol–water partition coefficient (Wildman–Crippen LogP) is 2.66. The molecule has 1 saturated heterocycles. The van der Waals surface area contributed by atoms with Crippen molar-refractivity contribution in [3.05, 3.63) is 53.0 Å². The molecule has 0 aliphatic carbocycles. The van der Waals surface area contributed by atoms with E-state index in [1.807, 2.05) is 47.4 Å². The molecule has 4 rings (SSSR count). The molecule has 3 aromatic rings. The van der Waals surface area contributed by atoms with Crippen LogP contribution in [-0.4, -0.2) is 56.6 Å². The molecule has 2 aromatic heterocycles. The average molecular weight is 378 g/mol. The topological polar surface area (TPSA) is 66.6 Å². The Balaban J connectivity index is 1.50. The van der Waals surface area contributed by atoms with Gasteiger partial charge in [0.05, 0.1) is 0 Å². The van der Waals surface area contributed by atoms with Gasteiger partial charge in [-0.1, -0.05) is 31.0 Å². The lowest BCUT2D eigenvalue weighted by Crippen LogP contribution is -2.49. The molecule has 7 heteroatoms. The summed E-state index contributed by atoms with van der Waals surface area (Å²) in [5, 5.41) is 8.40. The first-order valence-corrected chi connectivity index (χ1v) is 9.89. The molecule has 1 aliphatic heterocycles. The van der Waals surface area contributed by atoms with Crippen molar-refractivity contribution >= 4 is 17.5 Å².